The van der Waals surface area contributed by atoms with E-state index in [2.05, 4.69) is 4.72 Å². The summed E-state index contributed by atoms with van der Waals surface area (Å²) in [7, 11) is -3.32. The van der Waals surface area contributed by atoms with Crippen LogP contribution in [0.15, 0.2) is 0 Å². The molecule has 1 aliphatic heterocycles. The van der Waals surface area contributed by atoms with Crippen LogP contribution in [0.1, 0.15) is 27.2 Å². The summed E-state index contributed by atoms with van der Waals surface area (Å²) in [5.74, 6) is 0.614. The van der Waals surface area contributed by atoms with Gasteiger partial charge in [0.15, 0.2) is 0 Å². The van der Waals surface area contributed by atoms with Gasteiger partial charge in [0.2, 0.25) is 0 Å². The molecular formula is C10H23N3O2S. The molecule has 16 heavy (non-hydrogen) atoms. The summed E-state index contributed by atoms with van der Waals surface area (Å²) in [5, 5.41) is 0. The molecule has 1 aliphatic rings. The minimum Gasteiger partial charge on any atom is -0.330 e. The number of nitrogens with two attached hydrogens (primary N) is 1. The van der Waals surface area contributed by atoms with Crippen LogP contribution in [0.3, 0.4) is 0 Å². The van der Waals surface area contributed by atoms with Crippen molar-refractivity contribution in [1.29, 1.82) is 0 Å². The molecule has 1 fully saturated rings. The first-order valence-electron chi connectivity index (χ1n) is 5.83. The van der Waals surface area contributed by atoms with Gasteiger partial charge in [-0.3, -0.25) is 0 Å². The van der Waals surface area contributed by atoms with Gasteiger partial charge in [0.05, 0.1) is 0 Å². The molecule has 5 nitrogen and oxygen atoms in total. The van der Waals surface area contributed by atoms with Crippen molar-refractivity contribution in [2.75, 3.05) is 19.6 Å². The quantitative estimate of drug-likeness (QED) is 0.728. The summed E-state index contributed by atoms with van der Waals surface area (Å²) in [4.78, 5) is 0. The summed E-state index contributed by atoms with van der Waals surface area (Å²) in [6.07, 6.45) is 0.860. The van der Waals surface area contributed by atoms with Gasteiger partial charge in [-0.1, -0.05) is 13.8 Å². The van der Waals surface area contributed by atoms with Gasteiger partial charge in [0.25, 0.3) is 10.2 Å². The van der Waals surface area contributed by atoms with Gasteiger partial charge in [-0.15, -0.1) is 0 Å². The highest BCUT2D eigenvalue weighted by atomic mass is 32.2. The van der Waals surface area contributed by atoms with E-state index in [1.165, 1.54) is 4.31 Å². The number of hydrogen-bond acceptors (Lipinski definition) is 3. The highest BCUT2D eigenvalue weighted by Crippen LogP contribution is 2.24. The van der Waals surface area contributed by atoms with Crippen molar-refractivity contribution < 1.29 is 8.42 Å². The maximum atomic E-state index is 12.0. The van der Waals surface area contributed by atoms with Crippen molar-refractivity contribution in [3.63, 3.8) is 0 Å². The van der Waals surface area contributed by atoms with Crippen LogP contribution < -0.4 is 10.5 Å². The van der Waals surface area contributed by atoms with E-state index < -0.39 is 10.2 Å². The standard InChI is InChI=1S/C10H23N3O2S/c1-8(2)6-12-16(14,15)13-7-10(5-11)4-9(13)3/h8-10,12H,4-7,11H2,1-3H3. The number of nitrogens with zero attached hydrogens (tertiary/aromatic N) is 1. The van der Waals surface area contributed by atoms with E-state index in [0.717, 1.165) is 6.42 Å². The lowest BCUT2D eigenvalue weighted by molar-refractivity contribution is 0.393. The van der Waals surface area contributed by atoms with Crippen molar-refractivity contribution in [2.45, 2.75) is 33.2 Å². The molecule has 1 heterocycles. The van der Waals surface area contributed by atoms with E-state index in [1.807, 2.05) is 20.8 Å². The maximum Gasteiger partial charge on any atom is 0.279 e. The second-order valence-electron chi connectivity index (χ2n) is 5.00. The van der Waals surface area contributed by atoms with Gasteiger partial charge >= 0.3 is 0 Å². The molecule has 0 bridgehead atoms. The Balaban J connectivity index is 2.62. The van der Waals surface area contributed by atoms with Gasteiger partial charge in [-0.05, 0) is 31.7 Å². The smallest absolute Gasteiger partial charge is 0.279 e. The van der Waals surface area contributed by atoms with Gasteiger partial charge < -0.3 is 5.73 Å². The zero-order chi connectivity index (χ0) is 12.3. The third-order valence-corrected chi connectivity index (χ3v) is 4.58. The molecule has 0 spiro atoms. The fourth-order valence-electron chi connectivity index (χ4n) is 1.97. The molecule has 2 atom stereocenters. The van der Waals surface area contributed by atoms with Crippen LogP contribution in [0.5, 0.6) is 0 Å². The van der Waals surface area contributed by atoms with Crippen molar-refractivity contribution in [2.24, 2.45) is 17.6 Å². The second-order valence-corrected chi connectivity index (χ2v) is 6.71. The van der Waals surface area contributed by atoms with Crippen molar-refractivity contribution >= 4 is 10.2 Å². The number of hydrogen-bond donors (Lipinski definition) is 2. The van der Waals surface area contributed by atoms with Crippen LogP contribution in [0.25, 0.3) is 0 Å². The summed E-state index contributed by atoms with van der Waals surface area (Å²) < 4.78 is 28.1. The summed E-state index contributed by atoms with van der Waals surface area (Å²) in [5.41, 5.74) is 5.58. The normalized spacial score (nSPS) is 27.8. The summed E-state index contributed by atoms with van der Waals surface area (Å²) in [6.45, 7) is 7.49. The SMILES string of the molecule is CC(C)CNS(=O)(=O)N1CC(CN)CC1C. The molecule has 0 radical (unpaired) electrons. The predicted octanol–water partition coefficient (Wildman–Crippen LogP) is 0.146. The van der Waals surface area contributed by atoms with Gasteiger partial charge in [-0.2, -0.15) is 12.7 Å². The van der Waals surface area contributed by atoms with Gasteiger partial charge in [0.1, 0.15) is 0 Å². The Morgan fingerprint density at radius 3 is 2.56 bits per heavy atom. The Hall–Kier alpha value is -0.170. The van der Waals surface area contributed by atoms with E-state index in [1.54, 1.807) is 0 Å². The van der Waals surface area contributed by atoms with Crippen molar-refractivity contribution in [1.82, 2.24) is 9.03 Å². The van der Waals surface area contributed by atoms with Crippen molar-refractivity contribution in [3.05, 3.63) is 0 Å². The average Bonchev–Trinajstić information content (AvgIpc) is 2.57. The zero-order valence-electron chi connectivity index (χ0n) is 10.3. The lowest BCUT2D eigenvalue weighted by Gasteiger charge is -2.21. The lowest BCUT2D eigenvalue weighted by atomic mass is 10.1. The summed E-state index contributed by atoms with van der Waals surface area (Å²) >= 11 is 0. The Bertz CT molecular complexity index is 316. The van der Waals surface area contributed by atoms with Crippen LogP contribution in [0.2, 0.25) is 0 Å². The van der Waals surface area contributed by atoms with Gasteiger partial charge in [0, 0.05) is 19.1 Å². The molecule has 96 valence electrons. The van der Waals surface area contributed by atoms with E-state index in [-0.39, 0.29) is 6.04 Å². The number of nitrogens with one attached hydrogen (secondary N) is 1. The maximum absolute atomic E-state index is 12.0. The van der Waals surface area contributed by atoms with Gasteiger partial charge in [-0.25, -0.2) is 4.72 Å². The Labute approximate surface area is 98.6 Å². The van der Waals surface area contributed by atoms with Crippen LogP contribution in [0.4, 0.5) is 0 Å². The molecule has 0 aromatic rings. The van der Waals surface area contributed by atoms with E-state index in [9.17, 15) is 8.42 Å². The molecule has 2 unspecified atom stereocenters. The van der Waals surface area contributed by atoms with Crippen LogP contribution in [-0.4, -0.2) is 38.4 Å². The average molecular weight is 249 g/mol. The second kappa shape index (κ2) is 5.44. The third-order valence-electron chi connectivity index (χ3n) is 2.92. The first-order valence-corrected chi connectivity index (χ1v) is 7.27. The molecule has 1 rings (SSSR count). The first-order chi connectivity index (χ1) is 7.36. The Morgan fingerprint density at radius 1 is 1.50 bits per heavy atom. The largest absolute Gasteiger partial charge is 0.330 e. The Kier molecular flexibility index (Phi) is 4.73. The first kappa shape index (κ1) is 13.9. The molecule has 0 aliphatic carbocycles. The van der Waals surface area contributed by atoms with E-state index in [4.69, 9.17) is 5.73 Å². The Morgan fingerprint density at radius 2 is 2.12 bits per heavy atom. The molecule has 0 aromatic carbocycles. The van der Waals surface area contributed by atoms with Crippen molar-refractivity contribution in [3.8, 4) is 0 Å². The monoisotopic (exact) mass is 249 g/mol. The fraction of sp³-hybridized carbons (Fsp3) is 1.00. The number of rotatable bonds is 5. The van der Waals surface area contributed by atoms with E-state index in [0.29, 0.717) is 31.5 Å². The lowest BCUT2D eigenvalue weighted by Crippen LogP contribution is -2.43. The minimum absolute atomic E-state index is 0.0539. The third kappa shape index (κ3) is 3.41. The topological polar surface area (TPSA) is 75.4 Å². The molecule has 6 heteroatoms. The van der Waals surface area contributed by atoms with Crippen LogP contribution in [0, 0.1) is 11.8 Å². The predicted molar refractivity (Wildman–Crippen MR) is 65.1 cm³/mol. The minimum atomic E-state index is -3.32. The molecule has 0 aromatic heterocycles. The van der Waals surface area contributed by atoms with Crippen LogP contribution in [-0.2, 0) is 10.2 Å². The highest BCUT2D eigenvalue weighted by Gasteiger charge is 2.36. The molecular weight excluding hydrogens is 226 g/mol. The molecule has 1 saturated heterocycles. The zero-order valence-corrected chi connectivity index (χ0v) is 11.1. The highest BCUT2D eigenvalue weighted by molar-refractivity contribution is 7.87. The van der Waals surface area contributed by atoms with E-state index >= 15 is 0 Å². The fourth-order valence-corrected chi connectivity index (χ4v) is 3.65. The van der Waals surface area contributed by atoms with Crippen LogP contribution >= 0.6 is 0 Å². The molecule has 3 N–H and O–H groups in total. The molecule has 0 saturated carbocycles. The summed E-state index contributed by atoms with van der Waals surface area (Å²) in [6, 6.07) is 0.0539. The molecule has 0 amide bonds.